The molecule has 0 aliphatic carbocycles. The molecule has 2 aromatic rings. The first-order valence-electron chi connectivity index (χ1n) is 7.69. The summed E-state index contributed by atoms with van der Waals surface area (Å²) in [4.78, 5) is 38.3. The Balaban J connectivity index is 1.68. The molecule has 1 saturated heterocycles. The van der Waals surface area contributed by atoms with Gasteiger partial charge in [0.1, 0.15) is 12.2 Å². The van der Waals surface area contributed by atoms with Crippen LogP contribution in [0.2, 0.25) is 0 Å². The van der Waals surface area contributed by atoms with Gasteiger partial charge in [0.15, 0.2) is 0 Å². The summed E-state index contributed by atoms with van der Waals surface area (Å²) in [6.07, 6.45) is 1.64. The lowest BCUT2D eigenvalue weighted by Crippen LogP contribution is -2.38. The molecule has 6 nitrogen and oxygen atoms in total. The highest BCUT2D eigenvalue weighted by Crippen LogP contribution is 2.21. The summed E-state index contributed by atoms with van der Waals surface area (Å²) < 4.78 is 0. The summed E-state index contributed by atoms with van der Waals surface area (Å²) in [6, 6.07) is 8.62. The van der Waals surface area contributed by atoms with Crippen molar-refractivity contribution in [2.45, 2.75) is 13.8 Å². The van der Waals surface area contributed by atoms with Crippen molar-refractivity contribution >= 4 is 40.9 Å². The van der Waals surface area contributed by atoms with Crippen LogP contribution in [0.15, 0.2) is 41.4 Å². The van der Waals surface area contributed by atoms with Crippen LogP contribution in [-0.2, 0) is 9.59 Å². The van der Waals surface area contributed by atoms with Crippen molar-refractivity contribution in [1.82, 2.24) is 10.2 Å². The molecule has 25 heavy (non-hydrogen) atoms. The van der Waals surface area contributed by atoms with Crippen molar-refractivity contribution < 1.29 is 14.4 Å². The number of rotatable bonds is 4. The molecule has 2 heterocycles. The number of amides is 4. The van der Waals surface area contributed by atoms with E-state index in [9.17, 15) is 14.4 Å². The molecule has 2 N–H and O–H groups in total. The van der Waals surface area contributed by atoms with Crippen LogP contribution in [0.4, 0.5) is 10.5 Å². The van der Waals surface area contributed by atoms with Crippen molar-refractivity contribution in [3.63, 3.8) is 0 Å². The highest BCUT2D eigenvalue weighted by Gasteiger charge is 2.35. The summed E-state index contributed by atoms with van der Waals surface area (Å²) in [5, 5.41) is 7.11. The topological polar surface area (TPSA) is 78.5 Å². The second-order valence-corrected chi connectivity index (χ2v) is 6.71. The Hall–Kier alpha value is -2.93. The van der Waals surface area contributed by atoms with E-state index in [1.807, 2.05) is 37.4 Å². The molecular formula is C18H17N3O3S. The van der Waals surface area contributed by atoms with Crippen LogP contribution in [0, 0.1) is 13.8 Å². The summed E-state index contributed by atoms with van der Waals surface area (Å²) in [5.41, 5.74) is 2.90. The minimum Gasteiger partial charge on any atom is -0.325 e. The predicted molar refractivity (Wildman–Crippen MR) is 97.1 cm³/mol. The number of imide groups is 1. The number of nitrogens with zero attached hydrogens (tertiary/aromatic N) is 1. The number of urea groups is 1. The number of hydrogen-bond acceptors (Lipinski definition) is 4. The molecule has 0 radical (unpaired) electrons. The lowest BCUT2D eigenvalue weighted by atomic mass is 10.2. The standard InChI is InChI=1S/C18H17N3O3S/c1-11-3-5-13(6-4-11)19-16(22)10-21-17(23)14(20-18(21)24)9-15-12(2)7-8-25-15/h3-9H,10H2,1-2H3,(H,19,22)(H,20,24)/b14-9-. The summed E-state index contributed by atoms with van der Waals surface area (Å²) in [6.45, 7) is 3.54. The maximum absolute atomic E-state index is 12.4. The molecular weight excluding hydrogens is 338 g/mol. The fraction of sp³-hybridized carbons (Fsp3) is 0.167. The Morgan fingerprint density at radius 2 is 1.92 bits per heavy atom. The first-order valence-corrected chi connectivity index (χ1v) is 8.57. The van der Waals surface area contributed by atoms with E-state index < -0.39 is 17.8 Å². The number of benzene rings is 1. The first-order chi connectivity index (χ1) is 11.9. The average Bonchev–Trinajstić information content (AvgIpc) is 3.08. The highest BCUT2D eigenvalue weighted by atomic mass is 32.1. The Morgan fingerprint density at radius 1 is 1.20 bits per heavy atom. The third kappa shape index (κ3) is 3.77. The van der Waals surface area contributed by atoms with Gasteiger partial charge in [-0.3, -0.25) is 9.59 Å². The van der Waals surface area contributed by atoms with Gasteiger partial charge in [-0.25, -0.2) is 9.69 Å². The molecule has 1 aromatic heterocycles. The van der Waals surface area contributed by atoms with E-state index in [2.05, 4.69) is 10.6 Å². The molecule has 0 saturated carbocycles. The van der Waals surface area contributed by atoms with Gasteiger partial charge >= 0.3 is 6.03 Å². The smallest absolute Gasteiger partial charge is 0.325 e. The van der Waals surface area contributed by atoms with Crippen LogP contribution in [0.25, 0.3) is 6.08 Å². The second kappa shape index (κ2) is 6.90. The van der Waals surface area contributed by atoms with E-state index in [0.717, 1.165) is 20.9 Å². The average molecular weight is 355 g/mol. The highest BCUT2D eigenvalue weighted by molar-refractivity contribution is 7.11. The SMILES string of the molecule is Cc1ccc(NC(=O)CN2C(=O)N/C(=C\c3sccc3C)C2=O)cc1. The molecule has 1 aromatic carbocycles. The maximum atomic E-state index is 12.4. The largest absolute Gasteiger partial charge is 0.329 e. The van der Waals surface area contributed by atoms with Crippen LogP contribution in [0.1, 0.15) is 16.0 Å². The molecule has 4 amide bonds. The molecule has 1 aliphatic heterocycles. The van der Waals surface area contributed by atoms with Gasteiger partial charge in [0.2, 0.25) is 5.91 Å². The minimum absolute atomic E-state index is 0.179. The fourth-order valence-electron chi connectivity index (χ4n) is 2.36. The first kappa shape index (κ1) is 16.9. The molecule has 0 atom stereocenters. The zero-order valence-electron chi connectivity index (χ0n) is 13.8. The maximum Gasteiger partial charge on any atom is 0.329 e. The normalized spacial score (nSPS) is 15.6. The van der Waals surface area contributed by atoms with Crippen LogP contribution >= 0.6 is 11.3 Å². The number of anilines is 1. The van der Waals surface area contributed by atoms with Gasteiger partial charge in [-0.15, -0.1) is 11.3 Å². The molecule has 128 valence electrons. The Bertz CT molecular complexity index is 868. The van der Waals surface area contributed by atoms with Gasteiger partial charge in [-0.1, -0.05) is 17.7 Å². The lowest BCUT2D eigenvalue weighted by molar-refractivity contribution is -0.127. The number of hydrogen-bond donors (Lipinski definition) is 2. The van der Waals surface area contributed by atoms with E-state index in [1.54, 1.807) is 18.2 Å². The number of aryl methyl sites for hydroxylation is 2. The molecule has 1 aliphatic rings. The monoisotopic (exact) mass is 355 g/mol. The van der Waals surface area contributed by atoms with Gasteiger partial charge < -0.3 is 10.6 Å². The summed E-state index contributed by atoms with van der Waals surface area (Å²) in [5.74, 6) is -0.933. The Labute approximate surface area is 149 Å². The van der Waals surface area contributed by atoms with Crippen LogP contribution < -0.4 is 10.6 Å². The van der Waals surface area contributed by atoms with Crippen molar-refractivity contribution in [3.05, 3.63) is 57.4 Å². The van der Waals surface area contributed by atoms with E-state index in [-0.39, 0.29) is 12.2 Å². The molecule has 0 spiro atoms. The van der Waals surface area contributed by atoms with E-state index in [0.29, 0.717) is 5.69 Å². The van der Waals surface area contributed by atoms with Gasteiger partial charge in [0.05, 0.1) is 0 Å². The van der Waals surface area contributed by atoms with Crippen LogP contribution in [0.5, 0.6) is 0 Å². The number of carbonyl (C=O) groups excluding carboxylic acids is 3. The molecule has 0 bridgehead atoms. The summed E-state index contributed by atoms with van der Waals surface area (Å²) in [7, 11) is 0. The van der Waals surface area contributed by atoms with Crippen LogP contribution in [-0.4, -0.2) is 29.3 Å². The van der Waals surface area contributed by atoms with Gasteiger partial charge in [-0.05, 0) is 49.1 Å². The van der Waals surface area contributed by atoms with Gasteiger partial charge in [0.25, 0.3) is 5.91 Å². The molecule has 1 fully saturated rings. The van der Waals surface area contributed by atoms with Gasteiger partial charge in [-0.2, -0.15) is 0 Å². The van der Waals surface area contributed by atoms with Crippen molar-refractivity contribution in [2.75, 3.05) is 11.9 Å². The lowest BCUT2D eigenvalue weighted by Gasteiger charge is -2.12. The predicted octanol–water partition coefficient (Wildman–Crippen LogP) is 2.90. The Kier molecular flexibility index (Phi) is 4.67. The van der Waals surface area contributed by atoms with Crippen molar-refractivity contribution in [3.8, 4) is 0 Å². The summed E-state index contributed by atoms with van der Waals surface area (Å²) >= 11 is 1.48. The zero-order valence-corrected chi connectivity index (χ0v) is 14.6. The second-order valence-electron chi connectivity index (χ2n) is 5.76. The van der Waals surface area contributed by atoms with E-state index in [1.165, 1.54) is 11.3 Å². The van der Waals surface area contributed by atoms with Crippen LogP contribution in [0.3, 0.4) is 0 Å². The molecule has 0 unspecified atom stereocenters. The minimum atomic E-state index is -0.593. The number of thiophene rings is 1. The van der Waals surface area contributed by atoms with E-state index >= 15 is 0 Å². The fourth-order valence-corrected chi connectivity index (χ4v) is 3.22. The quantitative estimate of drug-likeness (QED) is 0.654. The molecule has 7 heteroatoms. The Morgan fingerprint density at radius 3 is 2.56 bits per heavy atom. The molecule has 3 rings (SSSR count). The third-order valence-electron chi connectivity index (χ3n) is 3.78. The third-order valence-corrected chi connectivity index (χ3v) is 4.74. The van der Waals surface area contributed by atoms with Crippen molar-refractivity contribution in [2.24, 2.45) is 0 Å². The van der Waals surface area contributed by atoms with Crippen molar-refractivity contribution in [1.29, 1.82) is 0 Å². The number of carbonyl (C=O) groups is 3. The van der Waals surface area contributed by atoms with E-state index in [4.69, 9.17) is 0 Å². The van der Waals surface area contributed by atoms with Gasteiger partial charge in [0, 0.05) is 10.6 Å². The number of nitrogens with one attached hydrogen (secondary N) is 2. The zero-order chi connectivity index (χ0) is 18.0.